The normalized spacial score (nSPS) is 26.4. The van der Waals surface area contributed by atoms with Gasteiger partial charge >= 0.3 is 5.97 Å². The van der Waals surface area contributed by atoms with Crippen molar-refractivity contribution in [1.82, 2.24) is 0 Å². The second-order valence-electron chi connectivity index (χ2n) is 6.13. The highest BCUT2D eigenvalue weighted by Gasteiger charge is 2.38. The summed E-state index contributed by atoms with van der Waals surface area (Å²) in [5.41, 5.74) is 0. The highest BCUT2D eigenvalue weighted by molar-refractivity contribution is 5.84. The van der Waals surface area contributed by atoms with Gasteiger partial charge < -0.3 is 15.3 Å². The predicted molar refractivity (Wildman–Crippen MR) is 87.9 cm³/mol. The quantitative estimate of drug-likeness (QED) is 0.424. The minimum atomic E-state index is -0.771. The van der Waals surface area contributed by atoms with Crippen LogP contribution in [0.2, 0.25) is 0 Å². The van der Waals surface area contributed by atoms with Crippen LogP contribution in [0.1, 0.15) is 51.9 Å². The number of aliphatic hydroxyl groups is 2. The molecule has 4 atom stereocenters. The molecule has 0 unspecified atom stereocenters. The third-order valence-electron chi connectivity index (χ3n) is 4.28. The summed E-state index contributed by atoms with van der Waals surface area (Å²) in [6, 6.07) is 0. The molecule has 0 bridgehead atoms. The highest BCUT2D eigenvalue weighted by Crippen LogP contribution is 2.32. The van der Waals surface area contributed by atoms with E-state index in [-0.39, 0.29) is 30.5 Å². The second kappa shape index (κ2) is 10.3. The van der Waals surface area contributed by atoms with Crippen LogP contribution < -0.4 is 0 Å². The van der Waals surface area contributed by atoms with Gasteiger partial charge in [0.05, 0.1) is 12.2 Å². The molecule has 5 heteroatoms. The third kappa shape index (κ3) is 7.10. The van der Waals surface area contributed by atoms with Crippen LogP contribution >= 0.6 is 0 Å². The Morgan fingerprint density at radius 2 is 2.09 bits per heavy atom. The van der Waals surface area contributed by atoms with Crippen LogP contribution in [0.25, 0.3) is 0 Å². The SMILES string of the molecule is CC[C@H]1C(=O)C[C@H](O)[C@H]1/C=C/[C@@H](O)C/C=C\CCCCC(=O)O. The molecule has 0 heterocycles. The number of aliphatic hydroxyl groups excluding tert-OH is 2. The first-order valence-electron chi connectivity index (χ1n) is 8.39. The van der Waals surface area contributed by atoms with Gasteiger partial charge in [-0.25, -0.2) is 0 Å². The van der Waals surface area contributed by atoms with E-state index in [2.05, 4.69) is 0 Å². The van der Waals surface area contributed by atoms with Crippen molar-refractivity contribution in [2.45, 2.75) is 64.1 Å². The number of carboxylic acids is 1. The van der Waals surface area contributed by atoms with Gasteiger partial charge in [-0.3, -0.25) is 9.59 Å². The van der Waals surface area contributed by atoms with Gasteiger partial charge in [-0.05, 0) is 32.1 Å². The summed E-state index contributed by atoms with van der Waals surface area (Å²) in [7, 11) is 0. The van der Waals surface area contributed by atoms with Crippen LogP contribution in [0.4, 0.5) is 0 Å². The Balaban J connectivity index is 2.28. The number of allylic oxidation sites excluding steroid dienone is 1. The molecule has 0 aromatic rings. The van der Waals surface area contributed by atoms with Gasteiger partial charge in [-0.15, -0.1) is 0 Å². The number of aliphatic carboxylic acids is 1. The lowest BCUT2D eigenvalue weighted by Crippen LogP contribution is -2.18. The van der Waals surface area contributed by atoms with Crippen molar-refractivity contribution in [3.8, 4) is 0 Å². The number of carbonyl (C=O) groups excluding carboxylic acids is 1. The molecule has 1 rings (SSSR count). The van der Waals surface area contributed by atoms with E-state index in [1.807, 2.05) is 19.1 Å². The fourth-order valence-corrected chi connectivity index (χ4v) is 2.97. The van der Waals surface area contributed by atoms with Crippen molar-refractivity contribution in [1.29, 1.82) is 0 Å². The molecule has 0 aromatic heterocycles. The van der Waals surface area contributed by atoms with Crippen molar-refractivity contribution in [2.75, 3.05) is 0 Å². The lowest BCUT2D eigenvalue weighted by molar-refractivity contribution is -0.137. The standard InChI is InChI=1S/C18H28O5/c1-2-14-15(17(21)12-16(14)20)11-10-13(19)8-6-4-3-5-7-9-18(22)23/h4,6,10-11,13-15,17,19,21H,2-3,5,7-9,12H2,1H3,(H,22,23)/b6-4-,11-10+/t13-,14+,15-,17-/m0/s1. The number of ketones is 1. The number of hydrogen-bond acceptors (Lipinski definition) is 4. The van der Waals surface area contributed by atoms with Gasteiger partial charge in [0.2, 0.25) is 0 Å². The van der Waals surface area contributed by atoms with Gasteiger partial charge in [-0.2, -0.15) is 0 Å². The van der Waals surface area contributed by atoms with E-state index in [0.717, 1.165) is 12.8 Å². The summed E-state index contributed by atoms with van der Waals surface area (Å²) in [6.07, 6.45) is 9.85. The molecule has 3 N–H and O–H groups in total. The van der Waals surface area contributed by atoms with E-state index < -0.39 is 18.2 Å². The summed E-state index contributed by atoms with van der Waals surface area (Å²) in [6.45, 7) is 1.94. The van der Waals surface area contributed by atoms with Crippen molar-refractivity contribution < 1.29 is 24.9 Å². The maximum Gasteiger partial charge on any atom is 0.303 e. The molecular weight excluding hydrogens is 296 g/mol. The molecule has 0 aliphatic heterocycles. The average molecular weight is 324 g/mol. The number of hydrogen-bond donors (Lipinski definition) is 3. The first kappa shape index (κ1) is 19.6. The molecular formula is C18H28O5. The van der Waals surface area contributed by atoms with Crippen molar-refractivity contribution in [2.24, 2.45) is 11.8 Å². The summed E-state index contributed by atoms with van der Waals surface area (Å²) in [4.78, 5) is 22.1. The molecule has 5 nitrogen and oxygen atoms in total. The fourth-order valence-electron chi connectivity index (χ4n) is 2.97. The number of Topliss-reactive ketones (excluding diaryl/α,β-unsaturated/α-hetero) is 1. The van der Waals surface area contributed by atoms with Crippen molar-refractivity contribution >= 4 is 11.8 Å². The van der Waals surface area contributed by atoms with E-state index in [9.17, 15) is 19.8 Å². The number of carbonyl (C=O) groups is 2. The minimum Gasteiger partial charge on any atom is -0.481 e. The maximum absolute atomic E-state index is 11.7. The van der Waals surface area contributed by atoms with Crippen LogP contribution in [-0.2, 0) is 9.59 Å². The smallest absolute Gasteiger partial charge is 0.303 e. The monoisotopic (exact) mass is 324 g/mol. The van der Waals surface area contributed by atoms with E-state index in [1.165, 1.54) is 0 Å². The predicted octanol–water partition coefficient (Wildman–Crippen LogP) is 2.47. The molecule has 1 aliphatic carbocycles. The molecule has 0 radical (unpaired) electrons. The number of carboxylic acid groups (broad SMARTS) is 1. The zero-order valence-corrected chi connectivity index (χ0v) is 13.7. The van der Waals surface area contributed by atoms with Gasteiger partial charge in [0, 0.05) is 24.7 Å². The Morgan fingerprint density at radius 3 is 2.74 bits per heavy atom. The van der Waals surface area contributed by atoms with Crippen molar-refractivity contribution in [3.05, 3.63) is 24.3 Å². The molecule has 0 saturated heterocycles. The molecule has 0 aromatic carbocycles. The Morgan fingerprint density at radius 1 is 1.35 bits per heavy atom. The summed E-state index contributed by atoms with van der Waals surface area (Å²) >= 11 is 0. The Kier molecular flexibility index (Phi) is 8.81. The molecule has 1 aliphatic rings. The maximum atomic E-state index is 11.7. The third-order valence-corrected chi connectivity index (χ3v) is 4.28. The van der Waals surface area contributed by atoms with Crippen LogP contribution in [0.5, 0.6) is 0 Å². The summed E-state index contributed by atoms with van der Waals surface area (Å²) < 4.78 is 0. The Hall–Kier alpha value is -1.46. The summed E-state index contributed by atoms with van der Waals surface area (Å²) in [5, 5.41) is 28.3. The minimum absolute atomic E-state index is 0.102. The molecule has 23 heavy (non-hydrogen) atoms. The first-order chi connectivity index (χ1) is 11.0. The summed E-state index contributed by atoms with van der Waals surface area (Å²) in [5.74, 6) is -1.00. The lowest BCUT2D eigenvalue weighted by atomic mass is 9.91. The number of unbranched alkanes of at least 4 members (excludes halogenated alkanes) is 2. The molecule has 0 spiro atoms. The second-order valence-corrected chi connectivity index (χ2v) is 6.13. The Labute approximate surface area is 137 Å². The topological polar surface area (TPSA) is 94.8 Å². The van der Waals surface area contributed by atoms with E-state index >= 15 is 0 Å². The van der Waals surface area contributed by atoms with Gasteiger partial charge in [0.1, 0.15) is 5.78 Å². The van der Waals surface area contributed by atoms with E-state index in [4.69, 9.17) is 5.11 Å². The largest absolute Gasteiger partial charge is 0.481 e. The highest BCUT2D eigenvalue weighted by atomic mass is 16.4. The van der Waals surface area contributed by atoms with Crippen LogP contribution in [0.3, 0.4) is 0 Å². The fraction of sp³-hybridized carbons (Fsp3) is 0.667. The molecule has 130 valence electrons. The number of rotatable bonds is 10. The van der Waals surface area contributed by atoms with E-state index in [0.29, 0.717) is 19.3 Å². The molecule has 1 saturated carbocycles. The van der Waals surface area contributed by atoms with Crippen LogP contribution in [-0.4, -0.2) is 39.3 Å². The Bertz CT molecular complexity index is 441. The van der Waals surface area contributed by atoms with Gasteiger partial charge in [0.25, 0.3) is 0 Å². The zero-order valence-electron chi connectivity index (χ0n) is 13.7. The van der Waals surface area contributed by atoms with Gasteiger partial charge in [0.15, 0.2) is 0 Å². The van der Waals surface area contributed by atoms with Gasteiger partial charge in [-0.1, -0.05) is 31.2 Å². The first-order valence-corrected chi connectivity index (χ1v) is 8.39. The van der Waals surface area contributed by atoms with Crippen molar-refractivity contribution in [3.63, 3.8) is 0 Å². The molecule has 1 fully saturated rings. The van der Waals surface area contributed by atoms with Crippen LogP contribution in [0, 0.1) is 11.8 Å². The zero-order chi connectivity index (χ0) is 17.2. The van der Waals surface area contributed by atoms with E-state index in [1.54, 1.807) is 12.2 Å². The molecule has 0 amide bonds. The lowest BCUT2D eigenvalue weighted by Gasteiger charge is -2.16. The van der Waals surface area contributed by atoms with Crippen LogP contribution in [0.15, 0.2) is 24.3 Å². The average Bonchev–Trinajstić information content (AvgIpc) is 2.76.